The molecule has 16 unspecified atom stereocenters. The van der Waals surface area contributed by atoms with E-state index in [9.17, 15) is 76.1 Å². The summed E-state index contributed by atoms with van der Waals surface area (Å²) in [5.74, 6) is -10.9. The van der Waals surface area contributed by atoms with Crippen molar-refractivity contribution in [2.75, 3.05) is 72.0 Å². The molecule has 10 heterocycles. The first-order chi connectivity index (χ1) is 50.2. The lowest BCUT2D eigenvalue weighted by Crippen LogP contribution is -2.57. The van der Waals surface area contributed by atoms with Gasteiger partial charge in [0, 0.05) is 59.8 Å². The van der Waals surface area contributed by atoms with E-state index in [4.69, 9.17) is 29.8 Å². The molecule has 6 aromatic heterocycles. The number of aliphatic hydroxyl groups is 6. The molecule has 3 aromatic carbocycles. The van der Waals surface area contributed by atoms with Crippen LogP contribution in [0.3, 0.4) is 0 Å². The molecule has 0 spiro atoms. The Kier molecular flexibility index (Phi) is 25.8. The number of aromatic nitrogens is 16. The summed E-state index contributed by atoms with van der Waals surface area (Å²) in [6.45, 7) is -2.37. The fraction of sp³-hybridized carbons (Fsp3) is 0.429. The van der Waals surface area contributed by atoms with Crippen LogP contribution in [0.25, 0.3) is 45.0 Å². The number of hydrogen-bond donors (Lipinski definition) is 7. The minimum absolute atomic E-state index is 0. The predicted molar refractivity (Wildman–Crippen MR) is 350 cm³/mol. The molecule has 16 atom stereocenters. The standard InChI is InChI=1S/C34H34F3N9O7S.C27H27F3N8O8S.CH3F.CH4/c1-44(20-5-3-2-4-6-20)28(48)16-52-33-30(46-12-23(40-43-46)18-7-21(35)29(37)22(36)8-18)32(50)26(13-47)53-34(33)54-27-15-51-14-25(31(27)49)45-11-24(41-42-45)19-9-38-17-39-10-19;28-14-1-12(2-15(29)22(14)30)16-6-38(36-33-16)23-25(43)19(7-39)46-27(26(23)45-10-21(40)41)47-20-9-44-8-18(24(20)42)37-5-17(34-35-37)13-3-31-11-32-4-13;1-2;/h2-12,17,25-27,30-34,47,49-50H,13-16H2,1H3;1-6,11,18-20,23-27,39,42-43H,7-10H2,(H,40,41);1H3;1H4/i;;1D;. The summed E-state index contributed by atoms with van der Waals surface area (Å²) in [6, 6.07) is 7.92. The fourth-order valence-electron chi connectivity index (χ4n) is 11.6. The van der Waals surface area contributed by atoms with Gasteiger partial charge in [-0.25, -0.2) is 69.8 Å². The number of thioether (sulfide) groups is 2. The van der Waals surface area contributed by atoms with Crippen LogP contribution >= 0.6 is 23.5 Å². The van der Waals surface area contributed by atoms with Crippen LogP contribution in [0, 0.1) is 34.9 Å². The number of amides is 1. The Balaban J connectivity index is 0.000000217. The maximum absolute atomic E-state index is 14.1. The van der Waals surface area contributed by atoms with Crippen LogP contribution in [0.15, 0.2) is 117 Å². The highest BCUT2D eigenvalue weighted by Gasteiger charge is 2.52. The highest BCUT2D eigenvalue weighted by atomic mass is 32.2. The van der Waals surface area contributed by atoms with Gasteiger partial charge in [-0.15, -0.1) is 43.9 Å². The summed E-state index contributed by atoms with van der Waals surface area (Å²) in [7, 11) is 0.569. The number of halogens is 7. The molecule has 0 saturated carbocycles. The number of carboxylic acid groups (broad SMARTS) is 1. The van der Waals surface area contributed by atoms with E-state index >= 15 is 0 Å². The van der Waals surface area contributed by atoms with Crippen molar-refractivity contribution >= 4 is 41.1 Å². The van der Waals surface area contributed by atoms with Crippen molar-refractivity contribution in [2.45, 2.75) is 102 Å². The van der Waals surface area contributed by atoms with E-state index in [2.05, 4.69) is 61.2 Å². The Labute approximate surface area is 595 Å². The summed E-state index contributed by atoms with van der Waals surface area (Å²) < 4.78 is 140. The number of carboxylic acids is 1. The van der Waals surface area contributed by atoms with Crippen LogP contribution in [-0.4, -0.2) is 265 Å². The van der Waals surface area contributed by atoms with Gasteiger partial charge in [0.15, 0.2) is 34.9 Å². The third-order valence-electron chi connectivity index (χ3n) is 16.9. The molecular weight excluding hydrogens is 1430 g/mol. The van der Waals surface area contributed by atoms with Crippen molar-refractivity contribution in [1.82, 2.24) is 79.9 Å². The normalized spacial score (nSPS) is 26.2. The van der Waals surface area contributed by atoms with E-state index in [1.165, 1.54) is 44.0 Å². The smallest absolute Gasteiger partial charge is 0.329 e. The number of nitrogens with zero attached hydrogens (tertiary/aromatic N) is 17. The van der Waals surface area contributed by atoms with Crippen molar-refractivity contribution in [3.05, 3.63) is 152 Å². The molecule has 556 valence electrons. The van der Waals surface area contributed by atoms with Crippen LogP contribution in [0.2, 0.25) is 0 Å². The molecule has 4 fully saturated rings. The van der Waals surface area contributed by atoms with Gasteiger partial charge in [-0.05, 0) is 36.4 Å². The number of ether oxygens (including phenoxy) is 6. The van der Waals surface area contributed by atoms with E-state index in [1.54, 1.807) is 74.6 Å². The molecule has 4 saturated heterocycles. The summed E-state index contributed by atoms with van der Waals surface area (Å²) in [5.41, 5.74) is 0.107. The zero-order valence-electron chi connectivity index (χ0n) is 54.5. The van der Waals surface area contributed by atoms with E-state index in [0.717, 1.165) is 40.3 Å². The Morgan fingerprint density at radius 1 is 0.567 bits per heavy atom. The monoisotopic (exact) mass is 1500 g/mol. The number of likely N-dealkylation sites (N-methyl/N-ethyl adjacent to an activating group) is 1. The molecule has 4 aliphatic heterocycles. The molecule has 1 amide bonds. The summed E-state index contributed by atoms with van der Waals surface area (Å²) in [6.07, 6.45) is 4.56. The predicted octanol–water partition coefficient (Wildman–Crippen LogP) is 3.27. The van der Waals surface area contributed by atoms with Gasteiger partial charge in [0.25, 0.3) is 5.91 Å². The largest absolute Gasteiger partial charge is 0.480 e. The Morgan fingerprint density at radius 3 is 1.32 bits per heavy atom. The molecule has 0 bridgehead atoms. The molecule has 7 N–H and O–H groups in total. The number of aliphatic carboxylic acids is 1. The van der Waals surface area contributed by atoms with Crippen LogP contribution in [0.5, 0.6) is 0 Å². The molecule has 104 heavy (non-hydrogen) atoms. The first-order valence-corrected chi connectivity index (χ1v) is 32.9. The van der Waals surface area contributed by atoms with Crippen molar-refractivity contribution in [2.24, 2.45) is 0 Å². The third-order valence-corrected chi connectivity index (χ3v) is 19.7. The van der Waals surface area contributed by atoms with E-state index in [-0.39, 0.29) is 56.4 Å². The lowest BCUT2D eigenvalue weighted by molar-refractivity contribution is -0.197. The Hall–Kier alpha value is -8.95. The number of para-hydroxylation sites is 1. The van der Waals surface area contributed by atoms with E-state index < -0.39 is 175 Å². The number of carbonyl (C=O) groups excluding carboxylic acids is 1. The number of hydrogen-bond acceptors (Lipinski definition) is 28. The summed E-state index contributed by atoms with van der Waals surface area (Å²) in [5, 5.41) is 107. The van der Waals surface area contributed by atoms with E-state index in [0.29, 0.717) is 40.3 Å². The number of alkyl halides is 1. The number of anilines is 1. The number of rotatable bonds is 21. The topological polar surface area (TPSA) is 409 Å². The summed E-state index contributed by atoms with van der Waals surface area (Å²) >= 11 is 2.11. The average Bonchev–Trinajstić information content (AvgIpc) is 1.73. The average molecular weight is 1500 g/mol. The lowest BCUT2D eigenvalue weighted by Gasteiger charge is -2.45. The second kappa shape index (κ2) is 35.2. The van der Waals surface area contributed by atoms with E-state index in [1.807, 2.05) is 0 Å². The maximum atomic E-state index is 14.1. The van der Waals surface area contributed by atoms with Crippen molar-refractivity contribution in [1.29, 1.82) is 0 Å². The van der Waals surface area contributed by atoms with Gasteiger partial charge < -0.3 is 69.1 Å². The maximum Gasteiger partial charge on any atom is 0.329 e. The van der Waals surface area contributed by atoms with Crippen molar-refractivity contribution in [3.63, 3.8) is 0 Å². The van der Waals surface area contributed by atoms with Gasteiger partial charge in [0.1, 0.15) is 120 Å². The highest BCUT2D eigenvalue weighted by molar-refractivity contribution is 8.00. The third kappa shape index (κ3) is 17.4. The molecule has 0 radical (unpaired) electrons. The molecular formula is C63H68F7N17O15S2. The van der Waals surface area contributed by atoms with Gasteiger partial charge in [-0.2, -0.15) is 0 Å². The molecule has 0 aliphatic carbocycles. The quantitative estimate of drug-likeness (QED) is 0.0401. The van der Waals surface area contributed by atoms with Gasteiger partial charge in [-0.1, -0.05) is 46.5 Å². The van der Waals surface area contributed by atoms with Crippen molar-refractivity contribution in [3.8, 4) is 45.0 Å². The number of benzene rings is 3. The van der Waals surface area contributed by atoms with Gasteiger partial charge in [0.2, 0.25) is 0 Å². The number of aliphatic hydroxyl groups excluding tert-OH is 6. The van der Waals surface area contributed by atoms with Crippen LogP contribution in [0.4, 0.5) is 36.4 Å². The molecule has 9 aromatic rings. The van der Waals surface area contributed by atoms with Crippen molar-refractivity contribution < 1.29 is 106 Å². The number of carbonyl (C=O) groups is 2. The van der Waals surface area contributed by atoms with Gasteiger partial charge >= 0.3 is 5.97 Å². The zero-order valence-corrected chi connectivity index (χ0v) is 55.2. The Morgan fingerprint density at radius 2 is 0.933 bits per heavy atom. The first kappa shape index (κ1) is 76.2. The highest BCUT2D eigenvalue weighted by Crippen LogP contribution is 2.44. The molecule has 4 aliphatic rings. The van der Waals surface area contributed by atoms with Crippen LogP contribution < -0.4 is 4.90 Å². The molecule has 32 nitrogen and oxygen atoms in total. The zero-order chi connectivity index (χ0) is 73.9. The fourth-order valence-corrected chi connectivity index (χ4v) is 14.5. The van der Waals surface area contributed by atoms with Gasteiger partial charge in [-0.3, -0.25) is 9.18 Å². The van der Waals surface area contributed by atoms with Crippen LogP contribution in [-0.2, 0) is 38.0 Å². The molecule has 13 rings (SSSR count). The van der Waals surface area contributed by atoms with Crippen LogP contribution in [0.1, 0.15) is 33.0 Å². The Bertz CT molecular complexity index is 4270. The second-order valence-corrected chi connectivity index (χ2v) is 26.0. The first-order valence-electron chi connectivity index (χ1n) is 31.7. The van der Waals surface area contributed by atoms with Gasteiger partial charge in [0.05, 0.1) is 95.7 Å². The SMILES string of the molecule is C.CN(C(=O)COC1C(SC2COCC(n3cc(-c4cncnc4)nn3)C2O)OC(CO)C(O)C1n1cc(-c2cc(F)c(F)c(F)c2)nn1)c1ccccc1.O=C(O)COC1C(SC2COCC(n3cc(-c4cncnc4)nn3)C2O)OC(CO)C(O)C1n1cc(-c2cc(F)c(F)c(F)c2)nn1.[2H]CF. The second-order valence-electron chi connectivity index (χ2n) is 23.3. The molecule has 41 heteroatoms. The lowest BCUT2D eigenvalue weighted by atomic mass is 9.97. The summed E-state index contributed by atoms with van der Waals surface area (Å²) in [4.78, 5) is 42.2. The minimum atomic E-state index is -1.67. The minimum Gasteiger partial charge on any atom is -0.480 e.